The number of thiazole rings is 2. The molecule has 306 valence electrons. The second-order valence-corrected chi connectivity index (χ2v) is 22.3. The minimum absolute atomic E-state index is 0. The number of amides is 1. The molecule has 0 saturated carbocycles. The summed E-state index contributed by atoms with van der Waals surface area (Å²) in [5, 5.41) is 19.0. The summed E-state index contributed by atoms with van der Waals surface area (Å²) in [7, 11) is -9.49. The van der Waals surface area contributed by atoms with Crippen molar-refractivity contribution in [1.29, 1.82) is 0 Å². The maximum absolute atomic E-state index is 14.5. The maximum Gasteiger partial charge on any atom is 1.00 e. The second-order valence-electron chi connectivity index (χ2n) is 12.7. The van der Waals surface area contributed by atoms with Gasteiger partial charge in [0.15, 0.2) is 0 Å². The van der Waals surface area contributed by atoms with E-state index in [2.05, 4.69) is 0 Å². The average molecular weight is 1040 g/mol. The Morgan fingerprint density at radius 1 is 0.898 bits per heavy atom. The first kappa shape index (κ1) is 47.1. The van der Waals surface area contributed by atoms with E-state index in [1.807, 2.05) is 30.9 Å². The number of aromatic nitrogens is 2. The Labute approximate surface area is 384 Å². The van der Waals surface area contributed by atoms with Crippen LogP contribution in [0.25, 0.3) is 10.5 Å². The van der Waals surface area contributed by atoms with Crippen molar-refractivity contribution in [2.75, 3.05) is 23.7 Å². The van der Waals surface area contributed by atoms with Gasteiger partial charge in [-0.15, -0.1) is 0 Å². The maximum atomic E-state index is 14.5. The zero-order valence-electron chi connectivity index (χ0n) is 30.9. The summed E-state index contributed by atoms with van der Waals surface area (Å²) >= 11 is 5.85. The Balaban J connectivity index is 0.00000661. The molecule has 2 aliphatic heterocycles. The molecule has 25 heteroatoms. The van der Waals surface area contributed by atoms with Crippen LogP contribution in [0.5, 0.6) is 0 Å². The van der Waals surface area contributed by atoms with Crippen molar-refractivity contribution in [3.63, 3.8) is 0 Å². The number of aliphatic carboxylic acids is 2. The molecular formula is C34H29N4NaO13S6Te. The third-order valence-electron chi connectivity index (χ3n) is 8.60. The van der Waals surface area contributed by atoms with Gasteiger partial charge in [0.2, 0.25) is 0 Å². The smallest absolute Gasteiger partial charge is 1.00 e. The van der Waals surface area contributed by atoms with Crippen molar-refractivity contribution in [3.05, 3.63) is 108 Å². The van der Waals surface area contributed by atoms with E-state index >= 15 is 0 Å². The Morgan fingerprint density at radius 3 is 2.15 bits per heavy atom. The molecule has 1 fully saturated rings. The Morgan fingerprint density at radius 2 is 1.54 bits per heavy atom. The standard InChI is InChI=1S/C34H30N4O13S6Te.Na/c1-17-11-21-22(12-18(17)2)58-23(35(21)9-6-10-56(46,47)48)13-20(19-7-4-3-5-8-19)26-29(43)38(16-57(49,50)51)33(53-26)27-30(44)36(14-24(39)40)32(54-27)28-31(45)37(15-25(41)42)34(52)55-28;/h3-5,7-8,11-13H,6,9-10,14-16H2,1-2H3,(H,39,40)(H,41,42)(H,46,47,48)(H,49,50,51);/q;+1/p-1/b23-13-,26-20-,32-28+,33-27+;. The average Bonchev–Trinajstić information content (AvgIpc) is 3.80. The molecular weight excluding hydrogens is 1020 g/mol. The summed E-state index contributed by atoms with van der Waals surface area (Å²) in [5.41, 5.74) is 1.61. The molecule has 2 aromatic carbocycles. The zero-order chi connectivity index (χ0) is 42.4. The monoisotopic (exact) mass is 1050 g/mol. The van der Waals surface area contributed by atoms with Gasteiger partial charge in [-0.2, -0.15) is 0 Å². The van der Waals surface area contributed by atoms with E-state index in [1.165, 1.54) is 0 Å². The van der Waals surface area contributed by atoms with E-state index in [1.54, 1.807) is 36.4 Å². The normalized spacial score (nSPS) is 17.1. The number of allylic oxidation sites excluding steroid dienone is 1. The number of carboxylic acids is 2. The van der Waals surface area contributed by atoms with Crippen LogP contribution in [-0.4, -0.2) is 112 Å². The van der Waals surface area contributed by atoms with Crippen molar-refractivity contribution in [1.82, 2.24) is 14.0 Å². The third kappa shape index (κ3) is 10.6. The van der Waals surface area contributed by atoms with Crippen molar-refractivity contribution >= 4 is 130 Å². The first-order chi connectivity index (χ1) is 27.1. The molecule has 17 nitrogen and oxygen atoms in total. The van der Waals surface area contributed by atoms with Crippen LogP contribution in [0.4, 0.5) is 5.69 Å². The number of fused-ring (bicyclic) bond motifs is 1. The number of rotatable bonds is 12. The molecule has 1 saturated heterocycles. The van der Waals surface area contributed by atoms with Gasteiger partial charge in [0.1, 0.15) is 6.54 Å². The Kier molecular flexibility index (Phi) is 14.8. The van der Waals surface area contributed by atoms with E-state index in [0.29, 0.717) is 44.6 Å². The fourth-order valence-corrected chi connectivity index (χ4v) is 14.4. The van der Waals surface area contributed by atoms with E-state index < -0.39 is 94.8 Å². The van der Waals surface area contributed by atoms with E-state index in [9.17, 15) is 60.1 Å². The molecule has 6 rings (SSSR count). The number of carboxylic acid groups (broad SMARTS) is 2. The number of aryl methyl sites for hydroxylation is 2. The molecule has 2 aromatic heterocycles. The number of carbonyl (C=O) groups excluding carboxylic acids is 1. The molecule has 3 N–H and O–H groups in total. The number of thiocarbonyl (C=S) groups is 1. The summed E-state index contributed by atoms with van der Waals surface area (Å²) in [6.07, 6.45) is 1.72. The molecule has 0 unspecified atom stereocenters. The van der Waals surface area contributed by atoms with Crippen LogP contribution in [-0.2, 0) is 47.0 Å². The number of nitrogens with zero attached hydrogens (tertiary/aromatic N) is 4. The van der Waals surface area contributed by atoms with Gasteiger partial charge in [-0.25, -0.2) is 0 Å². The summed E-state index contributed by atoms with van der Waals surface area (Å²) in [5.74, 6) is -5.72. The summed E-state index contributed by atoms with van der Waals surface area (Å²) in [4.78, 5) is 67.8. The van der Waals surface area contributed by atoms with Gasteiger partial charge in [0, 0.05) is 0 Å². The van der Waals surface area contributed by atoms with Gasteiger partial charge in [0.25, 0.3) is 0 Å². The zero-order valence-corrected chi connectivity index (χ0v) is 40.2. The molecule has 0 atom stereocenters. The van der Waals surface area contributed by atoms with Gasteiger partial charge in [-0.05, 0) is 0 Å². The van der Waals surface area contributed by atoms with E-state index in [-0.39, 0.29) is 75.7 Å². The number of carbonyl (C=O) groups is 3. The molecule has 0 spiro atoms. The summed E-state index contributed by atoms with van der Waals surface area (Å²) in [6.45, 7) is 2.22. The number of hydrogen-bond donors (Lipinski definition) is 3. The van der Waals surface area contributed by atoms with Crippen LogP contribution in [0.15, 0.2) is 61.9 Å². The van der Waals surface area contributed by atoms with Crippen LogP contribution in [0.1, 0.15) is 23.1 Å². The fourth-order valence-electron chi connectivity index (χ4n) is 5.93. The number of hydrogen-bond acceptors (Lipinski definition) is 15. The molecule has 0 radical (unpaired) electrons. The van der Waals surface area contributed by atoms with Crippen molar-refractivity contribution in [2.24, 2.45) is 0 Å². The van der Waals surface area contributed by atoms with Crippen LogP contribution in [0.3, 0.4) is 0 Å². The van der Waals surface area contributed by atoms with Crippen LogP contribution < -0.4 is 58.4 Å². The minimum atomic E-state index is -4.96. The van der Waals surface area contributed by atoms with E-state index in [4.69, 9.17) is 12.2 Å². The van der Waals surface area contributed by atoms with Gasteiger partial charge >= 0.3 is 360 Å². The first-order valence-electron chi connectivity index (χ1n) is 16.6. The Hall–Kier alpha value is -2.96. The molecule has 59 heavy (non-hydrogen) atoms. The predicted molar refractivity (Wildman–Crippen MR) is 221 cm³/mol. The quantitative estimate of drug-likeness (QED) is 0.0720. The van der Waals surface area contributed by atoms with Gasteiger partial charge in [0.05, 0.1) is 0 Å². The van der Waals surface area contributed by atoms with Gasteiger partial charge in [-0.3, -0.25) is 4.79 Å². The molecule has 1 amide bonds. The summed E-state index contributed by atoms with van der Waals surface area (Å²) < 4.78 is 71.5. The largest absolute Gasteiger partial charge is 1.00 e. The van der Waals surface area contributed by atoms with E-state index in [0.717, 1.165) is 33.6 Å². The van der Waals surface area contributed by atoms with Crippen LogP contribution in [0, 0.1) is 23.0 Å². The molecule has 2 aliphatic rings. The van der Waals surface area contributed by atoms with Gasteiger partial charge in [-0.1, -0.05) is 12.2 Å². The van der Waals surface area contributed by atoms with Crippen LogP contribution >= 0.6 is 46.7 Å². The minimum Gasteiger partial charge on any atom is 1.00 e. The SMILES string of the molecule is Cc1cc2c(cc1C)N(CCCS(=O)(=O)[O-])/C(=C/C(c1ccccc1)=c1/s/c(=c3/s/c(=C4/SC(=S)N(CC(=O)O)C4=O)n(CC(=O)O)c3=O)n(CS(=O)(=O)O)c1=O)[Te]2.[Na+]. The topological polar surface area (TPSA) is 254 Å². The van der Waals surface area contributed by atoms with Crippen molar-refractivity contribution < 1.29 is 80.1 Å². The second kappa shape index (κ2) is 18.6. The Bertz CT molecular complexity index is 3050. The summed E-state index contributed by atoms with van der Waals surface area (Å²) in [6, 6.07) is 12.5. The molecule has 0 bridgehead atoms. The van der Waals surface area contributed by atoms with Crippen molar-refractivity contribution in [3.8, 4) is 0 Å². The van der Waals surface area contributed by atoms with Crippen molar-refractivity contribution in [2.45, 2.75) is 32.7 Å². The third-order valence-corrected chi connectivity index (χ3v) is 17.2. The van der Waals surface area contributed by atoms with Gasteiger partial charge < -0.3 is 5.11 Å². The molecule has 0 aliphatic carbocycles. The molecule has 4 heterocycles. The fraction of sp³-hybridized carbons (Fsp3) is 0.235. The first-order valence-corrected chi connectivity index (χ1v) is 24.9. The number of benzene rings is 2. The molecule has 4 aromatic rings. The predicted octanol–water partition coefficient (Wildman–Crippen LogP) is -3.15. The van der Waals surface area contributed by atoms with Crippen LogP contribution in [0.2, 0.25) is 0 Å². The number of thioether (sulfide) groups is 1. The number of anilines is 1.